The minimum Gasteiger partial charge on any atom is -0.494 e. The fourth-order valence-corrected chi connectivity index (χ4v) is 3.13. The molecule has 0 radical (unpaired) electrons. The molecule has 1 aliphatic rings. The van der Waals surface area contributed by atoms with Gasteiger partial charge in [-0.25, -0.2) is 0 Å². The van der Waals surface area contributed by atoms with Crippen molar-refractivity contribution in [2.75, 3.05) is 17.1 Å². The molecule has 0 aliphatic carbocycles. The number of ether oxygens (including phenoxy) is 1. The van der Waals surface area contributed by atoms with Gasteiger partial charge in [0.2, 0.25) is 0 Å². The molecule has 3 aromatic rings. The largest absolute Gasteiger partial charge is 0.494 e. The predicted octanol–water partition coefficient (Wildman–Crippen LogP) is 4.63. The highest BCUT2D eigenvalue weighted by Gasteiger charge is 2.22. The maximum atomic E-state index is 5.77. The summed E-state index contributed by atoms with van der Waals surface area (Å²) < 4.78 is 5.77. The molecule has 0 amide bonds. The summed E-state index contributed by atoms with van der Waals surface area (Å²) in [7, 11) is 0. The lowest BCUT2D eigenvalue weighted by Gasteiger charge is -2.26. The Kier molecular flexibility index (Phi) is 3.80. The van der Waals surface area contributed by atoms with Gasteiger partial charge in [-0.3, -0.25) is 0 Å². The van der Waals surface area contributed by atoms with Crippen LogP contribution in [0.5, 0.6) is 5.75 Å². The standard InChI is InChI=1S/C19H19BN2O/c1-2-9-16(10-3-1)23-14-6-13-20-21-17-11-4-7-15-8-5-12-18(22-20)19(15)17/h1-5,7-12,21-22H,6,13-14H2. The zero-order valence-corrected chi connectivity index (χ0v) is 13.0. The van der Waals surface area contributed by atoms with E-state index in [1.54, 1.807) is 0 Å². The van der Waals surface area contributed by atoms with E-state index in [4.69, 9.17) is 4.74 Å². The lowest BCUT2D eigenvalue weighted by Crippen LogP contribution is -2.37. The quantitative estimate of drug-likeness (QED) is 0.532. The van der Waals surface area contributed by atoms with E-state index in [2.05, 4.69) is 46.9 Å². The number of hydrogen-bond acceptors (Lipinski definition) is 3. The first-order valence-electron chi connectivity index (χ1n) is 8.13. The van der Waals surface area contributed by atoms with Crippen LogP contribution in [-0.4, -0.2) is 13.6 Å². The van der Waals surface area contributed by atoms with Crippen molar-refractivity contribution in [2.45, 2.75) is 12.7 Å². The molecule has 0 aromatic heterocycles. The predicted molar refractivity (Wildman–Crippen MR) is 98.3 cm³/mol. The summed E-state index contributed by atoms with van der Waals surface area (Å²) in [5, 5.41) is 9.74. The summed E-state index contributed by atoms with van der Waals surface area (Å²) >= 11 is 0. The first-order chi connectivity index (χ1) is 11.4. The highest BCUT2D eigenvalue weighted by Crippen LogP contribution is 2.34. The van der Waals surface area contributed by atoms with Crippen molar-refractivity contribution in [1.82, 2.24) is 0 Å². The Bertz CT molecular complexity index is 766. The van der Waals surface area contributed by atoms with Gasteiger partial charge in [0.1, 0.15) is 5.75 Å². The Balaban J connectivity index is 1.37. The van der Waals surface area contributed by atoms with Crippen LogP contribution in [0.1, 0.15) is 6.42 Å². The lowest BCUT2D eigenvalue weighted by atomic mass is 9.69. The fourth-order valence-electron chi connectivity index (χ4n) is 3.13. The van der Waals surface area contributed by atoms with Gasteiger partial charge in [0.05, 0.1) is 6.61 Å². The Labute approximate surface area is 136 Å². The number of nitrogens with one attached hydrogen (secondary N) is 2. The van der Waals surface area contributed by atoms with E-state index in [9.17, 15) is 0 Å². The summed E-state index contributed by atoms with van der Waals surface area (Å²) in [6, 6.07) is 22.8. The molecule has 4 heteroatoms. The van der Waals surface area contributed by atoms with Crippen molar-refractivity contribution >= 4 is 29.1 Å². The summed E-state index contributed by atoms with van der Waals surface area (Å²) in [6.07, 6.45) is 2.01. The van der Waals surface area contributed by atoms with E-state index in [0.29, 0.717) is 0 Å². The van der Waals surface area contributed by atoms with Crippen LogP contribution in [0, 0.1) is 0 Å². The van der Waals surface area contributed by atoms with E-state index in [1.165, 1.54) is 22.1 Å². The first kappa shape index (κ1) is 14.0. The smallest absolute Gasteiger partial charge is 0.370 e. The number of rotatable bonds is 5. The lowest BCUT2D eigenvalue weighted by molar-refractivity contribution is 0.317. The third-order valence-corrected chi connectivity index (χ3v) is 4.21. The second kappa shape index (κ2) is 6.25. The van der Waals surface area contributed by atoms with Crippen molar-refractivity contribution in [3.63, 3.8) is 0 Å². The van der Waals surface area contributed by atoms with Crippen LogP contribution in [0.3, 0.4) is 0 Å². The molecular formula is C19H19BN2O. The minimum absolute atomic E-state index is 0.245. The van der Waals surface area contributed by atoms with E-state index >= 15 is 0 Å². The van der Waals surface area contributed by atoms with Gasteiger partial charge in [-0.1, -0.05) is 42.5 Å². The molecule has 2 N–H and O–H groups in total. The van der Waals surface area contributed by atoms with E-state index < -0.39 is 0 Å². The van der Waals surface area contributed by atoms with E-state index in [-0.39, 0.29) is 6.98 Å². The van der Waals surface area contributed by atoms with Crippen LogP contribution in [0.25, 0.3) is 10.8 Å². The molecule has 0 unspecified atom stereocenters. The monoisotopic (exact) mass is 302 g/mol. The second-order valence-electron chi connectivity index (χ2n) is 5.85. The molecule has 0 saturated heterocycles. The van der Waals surface area contributed by atoms with Crippen molar-refractivity contribution in [3.8, 4) is 5.75 Å². The maximum Gasteiger partial charge on any atom is 0.370 e. The molecule has 1 heterocycles. The van der Waals surface area contributed by atoms with Crippen LogP contribution in [0.15, 0.2) is 66.7 Å². The SMILES string of the molecule is c1ccc(OCCCB2Nc3cccc4cccc(c34)N2)cc1. The molecule has 0 atom stereocenters. The number of benzene rings is 3. The van der Waals surface area contributed by atoms with E-state index in [1.807, 2.05) is 30.3 Å². The molecule has 0 saturated carbocycles. The van der Waals surface area contributed by atoms with Crippen molar-refractivity contribution in [2.24, 2.45) is 0 Å². The van der Waals surface area contributed by atoms with Crippen LogP contribution < -0.4 is 15.2 Å². The van der Waals surface area contributed by atoms with Gasteiger partial charge in [0.15, 0.2) is 0 Å². The summed E-state index contributed by atoms with van der Waals surface area (Å²) in [5.41, 5.74) is 2.43. The molecule has 0 bridgehead atoms. The van der Waals surface area contributed by atoms with Gasteiger partial charge in [-0.2, -0.15) is 0 Å². The Morgan fingerprint density at radius 1 is 0.783 bits per heavy atom. The maximum absolute atomic E-state index is 5.77. The molecule has 3 aromatic carbocycles. The second-order valence-corrected chi connectivity index (χ2v) is 5.85. The molecule has 0 fully saturated rings. The molecule has 1 aliphatic heterocycles. The van der Waals surface area contributed by atoms with Crippen molar-refractivity contribution in [3.05, 3.63) is 66.7 Å². The Morgan fingerprint density at radius 2 is 1.48 bits per heavy atom. The van der Waals surface area contributed by atoms with Gasteiger partial charge in [-0.15, -0.1) is 0 Å². The minimum atomic E-state index is 0.245. The molecule has 23 heavy (non-hydrogen) atoms. The van der Waals surface area contributed by atoms with Crippen LogP contribution in [0.4, 0.5) is 11.4 Å². The van der Waals surface area contributed by atoms with Crippen molar-refractivity contribution in [1.29, 1.82) is 0 Å². The Hall–Kier alpha value is -2.62. The average Bonchev–Trinajstić information content (AvgIpc) is 2.60. The highest BCUT2D eigenvalue weighted by atomic mass is 16.5. The highest BCUT2D eigenvalue weighted by molar-refractivity contribution is 6.67. The van der Waals surface area contributed by atoms with Gasteiger partial charge in [0, 0.05) is 16.8 Å². The van der Waals surface area contributed by atoms with Crippen LogP contribution in [0.2, 0.25) is 6.32 Å². The molecule has 0 spiro atoms. The van der Waals surface area contributed by atoms with Crippen LogP contribution >= 0.6 is 0 Å². The molecular weight excluding hydrogens is 283 g/mol. The molecule has 114 valence electrons. The number of anilines is 2. The number of hydrogen-bond donors (Lipinski definition) is 2. The molecule has 4 rings (SSSR count). The normalized spacial score (nSPS) is 12.6. The van der Waals surface area contributed by atoms with Gasteiger partial charge < -0.3 is 15.2 Å². The molecule has 3 nitrogen and oxygen atoms in total. The third kappa shape index (κ3) is 2.97. The summed E-state index contributed by atoms with van der Waals surface area (Å²) in [4.78, 5) is 0. The van der Waals surface area contributed by atoms with Crippen LogP contribution in [-0.2, 0) is 0 Å². The van der Waals surface area contributed by atoms with Gasteiger partial charge in [-0.05, 0) is 42.4 Å². The zero-order valence-electron chi connectivity index (χ0n) is 13.0. The Morgan fingerprint density at radius 3 is 2.17 bits per heavy atom. The van der Waals surface area contributed by atoms with Gasteiger partial charge in [0.25, 0.3) is 0 Å². The summed E-state index contributed by atoms with van der Waals surface area (Å²) in [6.45, 7) is 0.977. The fraction of sp³-hybridized carbons (Fsp3) is 0.158. The zero-order chi connectivity index (χ0) is 15.5. The third-order valence-electron chi connectivity index (χ3n) is 4.21. The number of para-hydroxylation sites is 1. The van der Waals surface area contributed by atoms with Gasteiger partial charge >= 0.3 is 6.98 Å². The first-order valence-corrected chi connectivity index (χ1v) is 8.13. The topological polar surface area (TPSA) is 33.3 Å². The average molecular weight is 302 g/mol. The summed E-state index contributed by atoms with van der Waals surface area (Å²) in [5.74, 6) is 0.937. The van der Waals surface area contributed by atoms with E-state index in [0.717, 1.165) is 25.1 Å². The van der Waals surface area contributed by atoms with Crippen molar-refractivity contribution < 1.29 is 4.74 Å².